The molecule has 0 fully saturated rings. The molecule has 20 heavy (non-hydrogen) atoms. The third-order valence-electron chi connectivity index (χ3n) is 3.63. The summed E-state index contributed by atoms with van der Waals surface area (Å²) in [7, 11) is 8.48. The van der Waals surface area contributed by atoms with E-state index in [-0.39, 0.29) is 17.7 Å². The van der Waals surface area contributed by atoms with E-state index in [0.717, 1.165) is 0 Å². The molecule has 0 rings (SSSR count). The van der Waals surface area contributed by atoms with Crippen LogP contribution in [-0.4, -0.2) is 47.4 Å². The number of likely N-dealkylation sites (N-methyl/N-ethyl adjacent to an activating group) is 2. The summed E-state index contributed by atoms with van der Waals surface area (Å²) in [4.78, 5) is 26.1. The van der Waals surface area contributed by atoms with E-state index in [0.29, 0.717) is 0 Å². The van der Waals surface area contributed by atoms with Crippen LogP contribution in [0, 0.1) is 5.41 Å². The number of hydrogen-bond acceptors (Lipinski definition) is 3. The van der Waals surface area contributed by atoms with Crippen molar-refractivity contribution in [3.8, 4) is 0 Å². The van der Waals surface area contributed by atoms with Crippen molar-refractivity contribution in [1.29, 1.82) is 0 Å². The van der Waals surface area contributed by atoms with Crippen LogP contribution in [0.5, 0.6) is 0 Å². The van der Waals surface area contributed by atoms with Crippen LogP contribution < -0.4 is 0 Å². The molecule has 0 aliphatic heterocycles. The summed E-state index contributed by atoms with van der Waals surface area (Å²) < 4.78 is 1.99. The van der Waals surface area contributed by atoms with Gasteiger partial charge in [0.15, 0.2) is 5.78 Å². The first-order valence-corrected chi connectivity index (χ1v) is 10.9. The number of Topliss-reactive ketones (excluding diaryl/α,β-unsaturated/α-hetero) is 1. The fraction of sp³-hybridized carbons (Fsp3) is 0.692. The summed E-state index contributed by atoms with van der Waals surface area (Å²) >= 11 is 0. The lowest BCUT2D eigenvalue weighted by molar-refractivity contribution is -0.142. The predicted molar refractivity (Wildman–Crippen MR) is 94.8 cm³/mol. The molecular formula is C13H27N2O2P3. The molecule has 7 heteroatoms. The Balaban J connectivity index is 5.29. The zero-order chi connectivity index (χ0) is 16.2. The summed E-state index contributed by atoms with van der Waals surface area (Å²) in [5.74, 6) is -0.0837. The average molecular weight is 336 g/mol. The van der Waals surface area contributed by atoms with Gasteiger partial charge in [-0.3, -0.25) is 14.3 Å². The van der Waals surface area contributed by atoms with Gasteiger partial charge in [0.2, 0.25) is 5.91 Å². The van der Waals surface area contributed by atoms with E-state index < -0.39 is 18.9 Å². The lowest BCUT2D eigenvalue weighted by atomic mass is 9.81. The Hall–Kier alpha value is 0.130. The Bertz CT molecular complexity index is 386. The molecule has 1 amide bonds. The highest BCUT2D eigenvalue weighted by Crippen LogP contribution is 2.56. The highest BCUT2D eigenvalue weighted by atomic mass is 32.4. The van der Waals surface area contributed by atoms with Crippen molar-refractivity contribution in [2.75, 3.05) is 14.1 Å². The topological polar surface area (TPSA) is 40.6 Å². The quantitative estimate of drug-likeness (QED) is 0.530. The third-order valence-corrected chi connectivity index (χ3v) is 6.89. The second kappa shape index (κ2) is 7.95. The molecule has 0 N–H and O–H groups in total. The third kappa shape index (κ3) is 4.85. The monoisotopic (exact) mass is 336 g/mol. The molecule has 0 aromatic heterocycles. The molecule has 0 aromatic carbocycles. The Morgan fingerprint density at radius 1 is 1.30 bits per heavy atom. The standard InChI is InChI=1S/C13H27N2O2P3/c1-8-13(4,5)11(10(3)16)14(6)12(17)9(2)15(7)20(18)19/h8-9,11H,1,18-19H2,2-7H3/t9-,11-/m1/s1. The van der Waals surface area contributed by atoms with Crippen molar-refractivity contribution >= 4 is 37.0 Å². The van der Waals surface area contributed by atoms with Gasteiger partial charge < -0.3 is 4.90 Å². The number of ketones is 1. The fourth-order valence-electron chi connectivity index (χ4n) is 2.19. The summed E-state index contributed by atoms with van der Waals surface area (Å²) in [5.41, 5.74) is -0.457. The van der Waals surface area contributed by atoms with Crippen molar-refractivity contribution in [1.82, 2.24) is 9.57 Å². The molecule has 0 saturated heterocycles. The normalized spacial score (nSPS) is 15.1. The fourth-order valence-corrected chi connectivity index (χ4v) is 3.89. The van der Waals surface area contributed by atoms with Gasteiger partial charge >= 0.3 is 0 Å². The number of nitrogens with zero attached hydrogens (tertiary/aromatic N) is 2. The van der Waals surface area contributed by atoms with Gasteiger partial charge in [0.25, 0.3) is 0 Å². The number of carbonyl (C=O) groups excluding carboxylic acids is 2. The number of hydrogen-bond donors (Lipinski definition) is 0. The van der Waals surface area contributed by atoms with E-state index >= 15 is 0 Å². The highest BCUT2D eigenvalue weighted by Gasteiger charge is 2.38. The largest absolute Gasteiger partial charge is 0.334 e. The van der Waals surface area contributed by atoms with Crippen LogP contribution in [0.4, 0.5) is 0 Å². The number of amides is 1. The first-order chi connectivity index (χ1) is 8.97. The Morgan fingerprint density at radius 3 is 2.05 bits per heavy atom. The van der Waals surface area contributed by atoms with Gasteiger partial charge in [-0.25, -0.2) is 0 Å². The highest BCUT2D eigenvalue weighted by molar-refractivity contribution is 8.42. The summed E-state index contributed by atoms with van der Waals surface area (Å²) in [5, 5.41) is 0. The molecular weight excluding hydrogens is 309 g/mol. The van der Waals surface area contributed by atoms with E-state index in [1.54, 1.807) is 18.0 Å². The number of rotatable bonds is 7. The summed E-state index contributed by atoms with van der Waals surface area (Å²) in [6.07, 6.45) is 1.73. The van der Waals surface area contributed by atoms with E-state index in [1.165, 1.54) is 6.92 Å². The maximum Gasteiger partial charge on any atom is 0.240 e. The molecule has 0 saturated carbocycles. The first kappa shape index (κ1) is 20.1. The molecule has 0 bridgehead atoms. The van der Waals surface area contributed by atoms with Gasteiger partial charge in [0, 0.05) is 19.9 Å². The maximum absolute atomic E-state index is 12.6. The van der Waals surface area contributed by atoms with Gasteiger partial charge in [-0.2, -0.15) is 0 Å². The minimum Gasteiger partial charge on any atom is -0.334 e. The van der Waals surface area contributed by atoms with Crippen LogP contribution in [0.15, 0.2) is 12.7 Å². The smallest absolute Gasteiger partial charge is 0.240 e. The SMILES string of the molecule is C=CC(C)(C)[C@@H](C(C)=O)N(C)C(=O)[C@@H](C)N(C)P(P)P. The Kier molecular flexibility index (Phi) is 8.00. The molecule has 2 unspecified atom stereocenters. The zero-order valence-corrected chi connectivity index (χ0v) is 16.5. The minimum absolute atomic E-state index is 0.0281. The van der Waals surface area contributed by atoms with E-state index in [4.69, 9.17) is 0 Å². The molecule has 0 spiro atoms. The lowest BCUT2D eigenvalue weighted by Gasteiger charge is -2.39. The first-order valence-electron chi connectivity index (χ1n) is 6.40. The Morgan fingerprint density at radius 2 is 1.75 bits per heavy atom. The van der Waals surface area contributed by atoms with Crippen LogP contribution in [0.2, 0.25) is 0 Å². The van der Waals surface area contributed by atoms with Gasteiger partial charge in [-0.1, -0.05) is 37.8 Å². The lowest BCUT2D eigenvalue weighted by Crippen LogP contribution is -2.53. The second-order valence-electron chi connectivity index (χ2n) is 5.62. The predicted octanol–water partition coefficient (Wildman–Crippen LogP) is 2.91. The molecule has 0 aromatic rings. The van der Waals surface area contributed by atoms with Crippen molar-refractivity contribution in [3.63, 3.8) is 0 Å². The van der Waals surface area contributed by atoms with Crippen LogP contribution >= 0.6 is 25.3 Å². The van der Waals surface area contributed by atoms with Crippen LogP contribution in [-0.2, 0) is 9.59 Å². The Labute approximate surface area is 128 Å². The molecule has 0 heterocycles. The zero-order valence-electron chi connectivity index (χ0n) is 13.3. The molecule has 0 aliphatic rings. The second-order valence-corrected chi connectivity index (χ2v) is 12.0. The molecule has 0 radical (unpaired) electrons. The molecule has 4 nitrogen and oxygen atoms in total. The van der Waals surface area contributed by atoms with E-state index in [1.807, 2.05) is 32.5 Å². The number of carbonyl (C=O) groups is 2. The van der Waals surface area contributed by atoms with Crippen LogP contribution in [0.25, 0.3) is 0 Å². The van der Waals surface area contributed by atoms with Crippen molar-refractivity contribution < 1.29 is 9.59 Å². The van der Waals surface area contributed by atoms with Gasteiger partial charge in [-0.15, -0.1) is 6.58 Å². The maximum atomic E-state index is 12.6. The minimum atomic E-state index is -0.511. The molecule has 0 aliphatic carbocycles. The van der Waals surface area contributed by atoms with Gasteiger partial charge in [0.05, 0.1) is 12.1 Å². The van der Waals surface area contributed by atoms with E-state index in [9.17, 15) is 9.59 Å². The molecule has 4 atom stereocenters. The summed E-state index contributed by atoms with van der Waals surface area (Å²) in [6.45, 7) is 11.0. The van der Waals surface area contributed by atoms with Crippen molar-refractivity contribution in [3.05, 3.63) is 12.7 Å². The molecule has 116 valence electrons. The van der Waals surface area contributed by atoms with Crippen molar-refractivity contribution in [2.24, 2.45) is 5.41 Å². The van der Waals surface area contributed by atoms with Crippen molar-refractivity contribution in [2.45, 2.75) is 39.8 Å². The van der Waals surface area contributed by atoms with E-state index in [2.05, 4.69) is 24.4 Å². The van der Waals surface area contributed by atoms with Gasteiger partial charge in [0.1, 0.15) is 0 Å². The van der Waals surface area contributed by atoms with Gasteiger partial charge in [-0.05, 0) is 20.9 Å². The average Bonchev–Trinajstić information content (AvgIpc) is 2.34. The van der Waals surface area contributed by atoms with Crippen LogP contribution in [0.1, 0.15) is 27.7 Å². The van der Waals surface area contributed by atoms with Crippen LogP contribution in [0.3, 0.4) is 0 Å². The summed E-state index contributed by atoms with van der Waals surface area (Å²) in [6, 6.07) is -0.771.